The molecule has 0 saturated carbocycles. The number of hydrogen-bond donors (Lipinski definition) is 2. The van der Waals surface area contributed by atoms with Crippen molar-refractivity contribution in [3.63, 3.8) is 0 Å². The van der Waals surface area contributed by atoms with Crippen LogP contribution in [0.25, 0.3) is 0 Å². The predicted molar refractivity (Wildman–Crippen MR) is 71.4 cm³/mol. The zero-order chi connectivity index (χ0) is 12.6. The molecule has 0 aromatic rings. The first-order valence-corrected chi connectivity index (χ1v) is 6.13. The number of nitrogens with one attached hydrogen (secondary N) is 1. The maximum Gasteiger partial charge on any atom is 0.234 e. The first-order valence-electron chi connectivity index (χ1n) is 5.73. The fraction of sp³-hybridized carbons (Fsp3) is 0.818. The number of likely N-dealkylation sites (N-methyl/N-ethyl adjacent to an activating group) is 1. The van der Waals surface area contributed by atoms with Gasteiger partial charge in [-0.25, -0.2) is 0 Å². The van der Waals surface area contributed by atoms with Gasteiger partial charge in [0, 0.05) is 26.1 Å². The lowest BCUT2D eigenvalue weighted by atomic mass is 10.2. The normalized spacial score (nSPS) is 10.8. The van der Waals surface area contributed by atoms with Crippen LogP contribution in [0.15, 0.2) is 0 Å². The van der Waals surface area contributed by atoms with Gasteiger partial charge in [-0.15, -0.1) is 0 Å². The molecule has 0 heterocycles. The summed E-state index contributed by atoms with van der Waals surface area (Å²) >= 11 is 4.84. The van der Waals surface area contributed by atoms with Gasteiger partial charge in [0.25, 0.3) is 0 Å². The van der Waals surface area contributed by atoms with Crippen molar-refractivity contribution in [2.75, 3.05) is 26.2 Å². The van der Waals surface area contributed by atoms with E-state index in [0.717, 1.165) is 13.1 Å². The summed E-state index contributed by atoms with van der Waals surface area (Å²) in [5.74, 6) is 0.590. The molecule has 5 heteroatoms. The molecule has 0 aliphatic rings. The molecule has 0 atom stereocenters. The van der Waals surface area contributed by atoms with Gasteiger partial charge in [0.15, 0.2) is 0 Å². The molecule has 0 aromatic heterocycles. The summed E-state index contributed by atoms with van der Waals surface area (Å²) in [6.07, 6.45) is 0.668. The van der Waals surface area contributed by atoms with Gasteiger partial charge >= 0.3 is 0 Å². The van der Waals surface area contributed by atoms with E-state index >= 15 is 0 Å². The highest BCUT2D eigenvalue weighted by Crippen LogP contribution is 2.00. The molecule has 0 aliphatic heterocycles. The van der Waals surface area contributed by atoms with Crippen LogP contribution in [-0.2, 0) is 4.79 Å². The van der Waals surface area contributed by atoms with Crippen molar-refractivity contribution in [3.05, 3.63) is 0 Å². The smallest absolute Gasteiger partial charge is 0.234 e. The lowest BCUT2D eigenvalue weighted by Crippen LogP contribution is -2.40. The highest BCUT2D eigenvalue weighted by molar-refractivity contribution is 7.80. The van der Waals surface area contributed by atoms with Crippen molar-refractivity contribution < 1.29 is 4.79 Å². The van der Waals surface area contributed by atoms with Gasteiger partial charge in [-0.05, 0) is 12.8 Å². The monoisotopic (exact) mass is 245 g/mol. The van der Waals surface area contributed by atoms with Crippen LogP contribution >= 0.6 is 12.2 Å². The van der Waals surface area contributed by atoms with E-state index in [0.29, 0.717) is 30.4 Å². The fourth-order valence-electron chi connectivity index (χ4n) is 1.48. The lowest BCUT2D eigenvalue weighted by molar-refractivity contribution is -0.122. The summed E-state index contributed by atoms with van der Waals surface area (Å²) in [6, 6.07) is 0. The van der Waals surface area contributed by atoms with Gasteiger partial charge in [-0.3, -0.25) is 9.69 Å². The molecule has 0 radical (unpaired) electrons. The van der Waals surface area contributed by atoms with Gasteiger partial charge in [0.05, 0.1) is 11.5 Å². The molecule has 0 saturated heterocycles. The molecule has 4 nitrogen and oxygen atoms in total. The number of amides is 1. The molecule has 0 bridgehead atoms. The molecule has 0 aliphatic carbocycles. The number of carbonyl (C=O) groups is 1. The second-order valence-electron chi connectivity index (χ2n) is 4.30. The third-order valence-electron chi connectivity index (χ3n) is 2.04. The van der Waals surface area contributed by atoms with E-state index in [1.165, 1.54) is 0 Å². The summed E-state index contributed by atoms with van der Waals surface area (Å²) in [5, 5.41) is 2.79. The molecular weight excluding hydrogens is 222 g/mol. The van der Waals surface area contributed by atoms with Gasteiger partial charge in [0.1, 0.15) is 0 Å². The Balaban J connectivity index is 4.08. The Labute approximate surface area is 104 Å². The summed E-state index contributed by atoms with van der Waals surface area (Å²) in [4.78, 5) is 14.1. The van der Waals surface area contributed by atoms with Crippen LogP contribution < -0.4 is 11.1 Å². The Morgan fingerprint density at radius 2 is 2.12 bits per heavy atom. The molecule has 0 unspecified atom stereocenters. The number of nitrogens with two attached hydrogens (primary N) is 1. The third-order valence-corrected chi connectivity index (χ3v) is 2.24. The zero-order valence-electron chi connectivity index (χ0n) is 10.5. The zero-order valence-corrected chi connectivity index (χ0v) is 11.3. The highest BCUT2D eigenvalue weighted by atomic mass is 32.1. The average molecular weight is 245 g/mol. The van der Waals surface area contributed by atoms with Crippen LogP contribution in [-0.4, -0.2) is 42.0 Å². The first kappa shape index (κ1) is 15.3. The first-order chi connectivity index (χ1) is 7.45. The van der Waals surface area contributed by atoms with Crippen LogP contribution in [0.3, 0.4) is 0 Å². The Morgan fingerprint density at radius 1 is 1.50 bits per heavy atom. The minimum absolute atomic E-state index is 0.0612. The highest BCUT2D eigenvalue weighted by Gasteiger charge is 2.11. The Morgan fingerprint density at radius 3 is 2.56 bits per heavy atom. The summed E-state index contributed by atoms with van der Waals surface area (Å²) in [6.45, 7) is 8.92. The van der Waals surface area contributed by atoms with Gasteiger partial charge in [0.2, 0.25) is 5.91 Å². The Kier molecular flexibility index (Phi) is 8.11. The fourth-order valence-corrected chi connectivity index (χ4v) is 1.57. The minimum atomic E-state index is 0.0612. The molecule has 0 aromatic carbocycles. The second-order valence-corrected chi connectivity index (χ2v) is 4.82. The van der Waals surface area contributed by atoms with E-state index < -0.39 is 0 Å². The maximum absolute atomic E-state index is 11.5. The van der Waals surface area contributed by atoms with Crippen LogP contribution in [0.1, 0.15) is 27.2 Å². The standard InChI is InChI=1S/C11H23N3OS/c1-4-13-11(15)8-14(7-9(2)3)6-5-10(12)16/h9H,4-8H2,1-3H3,(H2,12,16)(H,13,15). The maximum atomic E-state index is 11.5. The van der Waals surface area contributed by atoms with Crippen LogP contribution in [0, 0.1) is 5.92 Å². The van der Waals surface area contributed by atoms with Crippen LogP contribution in [0.2, 0.25) is 0 Å². The quantitative estimate of drug-likeness (QED) is 0.620. The number of rotatable bonds is 8. The van der Waals surface area contributed by atoms with Gasteiger partial charge < -0.3 is 11.1 Å². The predicted octanol–water partition coefficient (Wildman–Crippen LogP) is 0.757. The van der Waals surface area contributed by atoms with Crippen molar-refractivity contribution in [1.82, 2.24) is 10.2 Å². The van der Waals surface area contributed by atoms with Gasteiger partial charge in [-0.2, -0.15) is 0 Å². The summed E-state index contributed by atoms with van der Waals surface area (Å²) in [5.41, 5.74) is 5.47. The molecule has 0 fully saturated rings. The Hall–Kier alpha value is -0.680. The topological polar surface area (TPSA) is 58.4 Å². The molecular formula is C11H23N3OS. The van der Waals surface area contributed by atoms with E-state index in [2.05, 4.69) is 24.1 Å². The summed E-state index contributed by atoms with van der Waals surface area (Å²) in [7, 11) is 0. The van der Waals surface area contributed by atoms with Gasteiger partial charge in [-0.1, -0.05) is 26.1 Å². The SMILES string of the molecule is CCNC(=O)CN(CCC(N)=S)CC(C)C. The molecule has 94 valence electrons. The number of hydrogen-bond acceptors (Lipinski definition) is 3. The summed E-state index contributed by atoms with van der Waals surface area (Å²) < 4.78 is 0. The van der Waals surface area contributed by atoms with Crippen LogP contribution in [0.4, 0.5) is 0 Å². The van der Waals surface area contributed by atoms with Crippen molar-refractivity contribution in [1.29, 1.82) is 0 Å². The molecule has 16 heavy (non-hydrogen) atoms. The Bertz CT molecular complexity index is 231. The lowest BCUT2D eigenvalue weighted by Gasteiger charge is -2.23. The van der Waals surface area contributed by atoms with Crippen molar-refractivity contribution >= 4 is 23.1 Å². The molecule has 0 rings (SSSR count). The van der Waals surface area contributed by atoms with Crippen LogP contribution in [0.5, 0.6) is 0 Å². The van der Waals surface area contributed by atoms with Crippen molar-refractivity contribution in [2.24, 2.45) is 11.7 Å². The number of nitrogens with zero attached hydrogens (tertiary/aromatic N) is 1. The number of thiocarbonyl (C=S) groups is 1. The van der Waals surface area contributed by atoms with Crippen molar-refractivity contribution in [2.45, 2.75) is 27.2 Å². The second kappa shape index (κ2) is 8.47. The largest absolute Gasteiger partial charge is 0.393 e. The van der Waals surface area contributed by atoms with E-state index in [1.54, 1.807) is 0 Å². The molecule has 3 N–H and O–H groups in total. The number of carbonyl (C=O) groups excluding carboxylic acids is 1. The minimum Gasteiger partial charge on any atom is -0.393 e. The third kappa shape index (κ3) is 8.61. The van der Waals surface area contributed by atoms with E-state index in [1.807, 2.05) is 6.92 Å². The average Bonchev–Trinajstić information content (AvgIpc) is 2.13. The van der Waals surface area contributed by atoms with E-state index in [-0.39, 0.29) is 5.91 Å². The van der Waals surface area contributed by atoms with E-state index in [4.69, 9.17) is 18.0 Å². The molecule has 0 spiro atoms. The van der Waals surface area contributed by atoms with Crippen molar-refractivity contribution in [3.8, 4) is 0 Å². The molecule has 1 amide bonds. The van der Waals surface area contributed by atoms with E-state index in [9.17, 15) is 4.79 Å².